The van der Waals surface area contributed by atoms with Crippen molar-refractivity contribution in [2.24, 2.45) is 0 Å². The Morgan fingerprint density at radius 1 is 1.14 bits per heavy atom. The van der Waals surface area contributed by atoms with Gasteiger partial charge in [-0.05, 0) is 62.9 Å². The first-order valence-corrected chi connectivity index (χ1v) is 10.2. The summed E-state index contributed by atoms with van der Waals surface area (Å²) in [5.74, 6) is -1.15. The second-order valence-electron chi connectivity index (χ2n) is 8.74. The van der Waals surface area contributed by atoms with Gasteiger partial charge in [-0.3, -0.25) is 4.90 Å². The summed E-state index contributed by atoms with van der Waals surface area (Å²) in [6, 6.07) is 9.92. The van der Waals surface area contributed by atoms with Crippen molar-refractivity contribution in [3.63, 3.8) is 0 Å². The molecule has 1 aliphatic rings. The summed E-state index contributed by atoms with van der Waals surface area (Å²) >= 11 is 0. The maximum atomic E-state index is 15.2. The lowest BCUT2D eigenvalue weighted by atomic mass is 9.87. The van der Waals surface area contributed by atoms with E-state index in [0.29, 0.717) is 18.4 Å². The van der Waals surface area contributed by atoms with Gasteiger partial charge in [0.25, 0.3) is 0 Å². The molecule has 4 rings (SSSR count). The highest BCUT2D eigenvalue weighted by molar-refractivity contribution is 5.85. The lowest BCUT2D eigenvalue weighted by Crippen LogP contribution is -2.48. The first kappa shape index (κ1) is 20.0. The Kier molecular flexibility index (Phi) is 4.97. The van der Waals surface area contributed by atoms with Crippen LogP contribution in [0.1, 0.15) is 56.1 Å². The van der Waals surface area contributed by atoms with Crippen molar-refractivity contribution in [3.05, 3.63) is 70.4 Å². The van der Waals surface area contributed by atoms with Gasteiger partial charge in [-0.1, -0.05) is 25.1 Å². The van der Waals surface area contributed by atoms with Crippen LogP contribution in [0, 0.1) is 11.6 Å². The standard InChI is InChI=1S/C24H27F3N2/c1-5-15-11-18(25)21(19(26)12-15)23-22-17(16-8-6-7-9-20(16)28-22)10-14(2)29(23)13-24(3,4)27/h6-9,11-12,14,23,28H,5,10,13H2,1-4H3. The molecule has 2 unspecified atom stereocenters. The number of hydrogen-bond acceptors (Lipinski definition) is 1. The second kappa shape index (κ2) is 7.21. The number of halogens is 3. The molecule has 0 fully saturated rings. The number of alkyl halides is 1. The minimum atomic E-state index is -1.49. The van der Waals surface area contributed by atoms with Crippen molar-refractivity contribution < 1.29 is 13.2 Å². The second-order valence-corrected chi connectivity index (χ2v) is 8.74. The van der Waals surface area contributed by atoms with Crippen molar-refractivity contribution in [2.75, 3.05) is 6.54 Å². The molecular weight excluding hydrogens is 373 g/mol. The fourth-order valence-electron chi connectivity index (χ4n) is 4.60. The molecule has 1 aliphatic heterocycles. The molecule has 2 aromatic carbocycles. The number of aromatic nitrogens is 1. The Hall–Kier alpha value is -2.27. The molecule has 2 nitrogen and oxygen atoms in total. The smallest absolute Gasteiger partial charge is 0.131 e. The van der Waals surface area contributed by atoms with Crippen molar-refractivity contribution >= 4 is 10.9 Å². The van der Waals surface area contributed by atoms with Crippen LogP contribution in [0.2, 0.25) is 0 Å². The van der Waals surface area contributed by atoms with Gasteiger partial charge < -0.3 is 4.98 Å². The van der Waals surface area contributed by atoms with Crippen LogP contribution >= 0.6 is 0 Å². The Morgan fingerprint density at radius 3 is 2.41 bits per heavy atom. The van der Waals surface area contributed by atoms with E-state index in [4.69, 9.17) is 0 Å². The number of nitrogens with one attached hydrogen (secondary N) is 1. The third-order valence-corrected chi connectivity index (χ3v) is 5.90. The molecule has 0 bridgehead atoms. The van der Waals surface area contributed by atoms with Crippen molar-refractivity contribution in [3.8, 4) is 0 Å². The van der Waals surface area contributed by atoms with Crippen LogP contribution in [0.3, 0.4) is 0 Å². The van der Waals surface area contributed by atoms with E-state index in [1.165, 1.54) is 26.0 Å². The SMILES string of the molecule is CCc1cc(F)c(C2c3[nH]c4ccccc4c3CC(C)N2CC(C)(C)F)c(F)c1. The molecule has 1 N–H and O–H groups in total. The van der Waals surface area contributed by atoms with Gasteiger partial charge in [0.1, 0.15) is 17.3 Å². The lowest BCUT2D eigenvalue weighted by molar-refractivity contribution is 0.0642. The quantitative estimate of drug-likeness (QED) is 0.561. The van der Waals surface area contributed by atoms with Gasteiger partial charge in [0.05, 0.1) is 6.04 Å². The predicted octanol–water partition coefficient (Wildman–Crippen LogP) is 6.09. The number of aromatic amines is 1. The van der Waals surface area contributed by atoms with Crippen LogP contribution in [0.25, 0.3) is 10.9 Å². The zero-order valence-corrected chi connectivity index (χ0v) is 17.3. The monoisotopic (exact) mass is 400 g/mol. The van der Waals surface area contributed by atoms with Gasteiger partial charge in [0.2, 0.25) is 0 Å². The van der Waals surface area contributed by atoms with Crippen molar-refractivity contribution in [2.45, 2.75) is 58.3 Å². The predicted molar refractivity (Wildman–Crippen MR) is 111 cm³/mol. The molecule has 2 heterocycles. The van der Waals surface area contributed by atoms with Gasteiger partial charge in [0, 0.05) is 34.7 Å². The Labute approximate surface area is 169 Å². The van der Waals surface area contributed by atoms with Crippen LogP contribution in [-0.4, -0.2) is 28.1 Å². The fraction of sp³-hybridized carbons (Fsp3) is 0.417. The van der Waals surface area contributed by atoms with E-state index in [1.54, 1.807) is 0 Å². The molecule has 29 heavy (non-hydrogen) atoms. The molecule has 154 valence electrons. The number of H-pyrrole nitrogens is 1. The number of fused-ring (bicyclic) bond motifs is 3. The third-order valence-electron chi connectivity index (χ3n) is 5.90. The molecule has 2 atom stereocenters. The highest BCUT2D eigenvalue weighted by Gasteiger charge is 2.40. The average molecular weight is 400 g/mol. The number of rotatable bonds is 4. The summed E-state index contributed by atoms with van der Waals surface area (Å²) in [5.41, 5.74) is 1.86. The molecule has 1 aromatic heterocycles. The first-order chi connectivity index (χ1) is 13.7. The van der Waals surface area contributed by atoms with Crippen molar-refractivity contribution in [1.82, 2.24) is 9.88 Å². The molecule has 0 saturated carbocycles. The Bertz CT molecular complexity index is 1020. The van der Waals surface area contributed by atoms with Crippen LogP contribution < -0.4 is 0 Å². The summed E-state index contributed by atoms with van der Waals surface area (Å²) in [6.07, 6.45) is 1.25. The maximum absolute atomic E-state index is 15.2. The summed E-state index contributed by atoms with van der Waals surface area (Å²) in [7, 11) is 0. The van der Waals surface area contributed by atoms with E-state index in [1.807, 2.05) is 43.0 Å². The summed E-state index contributed by atoms with van der Waals surface area (Å²) in [6.45, 7) is 6.96. The minimum absolute atomic E-state index is 0.00851. The van der Waals surface area contributed by atoms with Gasteiger partial charge in [-0.25, -0.2) is 13.2 Å². The molecule has 0 saturated heterocycles. The molecule has 3 aromatic rings. The van der Waals surface area contributed by atoms with E-state index >= 15 is 8.78 Å². The first-order valence-electron chi connectivity index (χ1n) is 10.2. The van der Waals surface area contributed by atoms with Crippen LogP contribution in [-0.2, 0) is 12.8 Å². The minimum Gasteiger partial charge on any atom is -0.357 e. The topological polar surface area (TPSA) is 19.0 Å². The normalized spacial score (nSPS) is 20.2. The van der Waals surface area contributed by atoms with E-state index in [2.05, 4.69) is 4.98 Å². The zero-order chi connectivity index (χ0) is 20.9. The molecule has 0 amide bonds. The highest BCUT2D eigenvalue weighted by Crippen LogP contribution is 2.43. The van der Waals surface area contributed by atoms with Crippen LogP contribution in [0.4, 0.5) is 13.2 Å². The number of benzene rings is 2. The summed E-state index contributed by atoms with van der Waals surface area (Å²) < 4.78 is 45.1. The van der Waals surface area contributed by atoms with Crippen LogP contribution in [0.5, 0.6) is 0 Å². The number of hydrogen-bond donors (Lipinski definition) is 1. The molecule has 0 aliphatic carbocycles. The fourth-order valence-corrected chi connectivity index (χ4v) is 4.60. The molecule has 0 radical (unpaired) electrons. The third kappa shape index (κ3) is 3.57. The van der Waals surface area contributed by atoms with Gasteiger partial charge >= 0.3 is 0 Å². The van der Waals surface area contributed by atoms with Gasteiger partial charge in [0.15, 0.2) is 0 Å². The van der Waals surface area contributed by atoms with Gasteiger partial charge in [-0.15, -0.1) is 0 Å². The zero-order valence-electron chi connectivity index (χ0n) is 17.3. The maximum Gasteiger partial charge on any atom is 0.131 e. The Morgan fingerprint density at radius 2 is 1.79 bits per heavy atom. The largest absolute Gasteiger partial charge is 0.357 e. The molecular formula is C24H27F3N2. The number of para-hydroxylation sites is 1. The number of aryl methyl sites for hydroxylation is 1. The van der Waals surface area contributed by atoms with Crippen LogP contribution in [0.15, 0.2) is 36.4 Å². The Balaban J connectivity index is 1.96. The summed E-state index contributed by atoms with van der Waals surface area (Å²) in [4.78, 5) is 5.28. The van der Waals surface area contributed by atoms with Gasteiger partial charge in [-0.2, -0.15) is 0 Å². The average Bonchev–Trinajstić information content (AvgIpc) is 3.00. The van der Waals surface area contributed by atoms with E-state index < -0.39 is 23.3 Å². The summed E-state index contributed by atoms with van der Waals surface area (Å²) in [5, 5.41) is 1.06. The number of nitrogens with zero attached hydrogens (tertiary/aromatic N) is 1. The van der Waals surface area contributed by atoms with Crippen molar-refractivity contribution in [1.29, 1.82) is 0 Å². The van der Waals surface area contributed by atoms with E-state index in [9.17, 15) is 4.39 Å². The van der Waals surface area contributed by atoms with E-state index in [-0.39, 0.29) is 18.2 Å². The highest BCUT2D eigenvalue weighted by atomic mass is 19.1. The molecule has 0 spiro atoms. The van der Waals surface area contributed by atoms with E-state index in [0.717, 1.165) is 22.2 Å². The molecule has 5 heteroatoms. The lowest BCUT2D eigenvalue weighted by Gasteiger charge is -2.43.